The number of hydrogen-bond acceptors (Lipinski definition) is 5. The summed E-state index contributed by atoms with van der Waals surface area (Å²) in [5.74, 6) is 0. The van der Waals surface area contributed by atoms with Crippen molar-refractivity contribution in [3.05, 3.63) is 24.3 Å². The quantitative estimate of drug-likeness (QED) is 0.781. The number of hydrogen-bond donors (Lipinski definition) is 2. The molecule has 0 saturated heterocycles. The third kappa shape index (κ3) is 3.78. The van der Waals surface area contributed by atoms with Gasteiger partial charge in [-0.25, -0.2) is 0 Å². The van der Waals surface area contributed by atoms with Gasteiger partial charge in [0, 0.05) is 25.4 Å². The fraction of sp³-hybridized carbons (Fsp3) is 0.583. The van der Waals surface area contributed by atoms with E-state index in [9.17, 15) is 0 Å². The van der Waals surface area contributed by atoms with Crippen LogP contribution >= 0.6 is 0 Å². The minimum absolute atomic E-state index is 0.168. The molecular weight excluding hydrogens is 244 g/mol. The monoisotopic (exact) mass is 264 g/mol. The Morgan fingerprint density at radius 3 is 2.89 bits per heavy atom. The van der Waals surface area contributed by atoms with E-state index in [1.807, 2.05) is 17.1 Å². The van der Waals surface area contributed by atoms with Crippen LogP contribution in [0.4, 0.5) is 5.69 Å². The Morgan fingerprint density at radius 2 is 2.21 bits per heavy atom. The Labute approximate surface area is 112 Å². The Bertz CT molecular complexity index is 504. The normalized spacial score (nSPS) is 11.2. The molecule has 2 heterocycles. The highest BCUT2D eigenvalue weighted by atomic mass is 16.3. The zero-order valence-electron chi connectivity index (χ0n) is 11.3. The van der Waals surface area contributed by atoms with Crippen molar-refractivity contribution in [3.63, 3.8) is 0 Å². The van der Waals surface area contributed by atoms with Crippen LogP contribution in [0.2, 0.25) is 0 Å². The Morgan fingerprint density at radius 1 is 1.37 bits per heavy atom. The van der Waals surface area contributed by atoms with E-state index in [1.54, 1.807) is 10.9 Å². The molecule has 19 heavy (non-hydrogen) atoms. The molecule has 0 aliphatic rings. The average molecular weight is 264 g/mol. The molecule has 0 atom stereocenters. The third-order valence-electron chi connectivity index (χ3n) is 2.74. The number of aryl methyl sites for hydroxylation is 1. The lowest BCUT2D eigenvalue weighted by Gasteiger charge is -2.03. The molecule has 7 nitrogen and oxygen atoms in total. The van der Waals surface area contributed by atoms with Crippen LogP contribution in [0.5, 0.6) is 0 Å². The fourth-order valence-electron chi connectivity index (χ4n) is 1.67. The van der Waals surface area contributed by atoms with Crippen molar-refractivity contribution in [2.75, 3.05) is 11.9 Å². The van der Waals surface area contributed by atoms with Crippen molar-refractivity contribution in [2.24, 2.45) is 0 Å². The summed E-state index contributed by atoms with van der Waals surface area (Å²) in [5, 5.41) is 24.3. The minimum Gasteiger partial charge on any atom is -0.396 e. The van der Waals surface area contributed by atoms with E-state index in [4.69, 9.17) is 5.11 Å². The van der Waals surface area contributed by atoms with Crippen molar-refractivity contribution in [1.82, 2.24) is 24.8 Å². The molecule has 0 spiro atoms. The summed E-state index contributed by atoms with van der Waals surface area (Å²) < 4.78 is 3.64. The number of nitrogens with one attached hydrogen (secondary N) is 1. The smallest absolute Gasteiger partial charge is 0.102 e. The van der Waals surface area contributed by atoms with E-state index in [2.05, 4.69) is 34.6 Å². The van der Waals surface area contributed by atoms with Gasteiger partial charge in [-0.3, -0.25) is 9.36 Å². The summed E-state index contributed by atoms with van der Waals surface area (Å²) in [4.78, 5) is 0. The van der Waals surface area contributed by atoms with Crippen LogP contribution in [0.1, 0.15) is 32.0 Å². The van der Waals surface area contributed by atoms with Gasteiger partial charge in [-0.1, -0.05) is 5.21 Å². The first-order valence-corrected chi connectivity index (χ1v) is 6.47. The average Bonchev–Trinajstić information content (AvgIpc) is 3.03. The highest BCUT2D eigenvalue weighted by molar-refractivity contribution is 5.38. The predicted octanol–water partition coefficient (Wildman–Crippen LogP) is 1.05. The van der Waals surface area contributed by atoms with Gasteiger partial charge in [-0.05, 0) is 20.3 Å². The maximum atomic E-state index is 8.75. The molecule has 2 N–H and O–H groups in total. The van der Waals surface area contributed by atoms with E-state index in [-0.39, 0.29) is 6.61 Å². The van der Waals surface area contributed by atoms with Crippen LogP contribution in [0.25, 0.3) is 0 Å². The van der Waals surface area contributed by atoms with E-state index in [1.165, 1.54) is 0 Å². The van der Waals surface area contributed by atoms with Crippen LogP contribution in [-0.2, 0) is 13.1 Å². The van der Waals surface area contributed by atoms with Gasteiger partial charge in [-0.15, -0.1) is 5.10 Å². The second-order valence-corrected chi connectivity index (χ2v) is 4.71. The molecule has 2 aromatic rings. The second kappa shape index (κ2) is 6.33. The summed E-state index contributed by atoms with van der Waals surface area (Å²) in [5.41, 5.74) is 1.84. The largest absolute Gasteiger partial charge is 0.396 e. The lowest BCUT2D eigenvalue weighted by atomic mass is 10.4. The number of aliphatic hydroxyl groups is 1. The van der Waals surface area contributed by atoms with Gasteiger partial charge in [0.1, 0.15) is 5.69 Å². The van der Waals surface area contributed by atoms with Crippen molar-refractivity contribution < 1.29 is 5.11 Å². The molecule has 0 aliphatic heterocycles. The Hall–Kier alpha value is -1.89. The molecule has 0 bridgehead atoms. The van der Waals surface area contributed by atoms with Crippen molar-refractivity contribution in [2.45, 2.75) is 39.4 Å². The third-order valence-corrected chi connectivity index (χ3v) is 2.74. The molecule has 0 aromatic carbocycles. The predicted molar refractivity (Wildman–Crippen MR) is 71.7 cm³/mol. The summed E-state index contributed by atoms with van der Waals surface area (Å²) >= 11 is 0. The first-order chi connectivity index (χ1) is 9.19. The summed E-state index contributed by atoms with van der Waals surface area (Å²) in [6, 6.07) is 0.356. The maximum absolute atomic E-state index is 8.75. The van der Waals surface area contributed by atoms with Gasteiger partial charge in [0.2, 0.25) is 0 Å². The van der Waals surface area contributed by atoms with Crippen molar-refractivity contribution >= 4 is 5.69 Å². The van der Waals surface area contributed by atoms with Gasteiger partial charge in [0.25, 0.3) is 0 Å². The summed E-state index contributed by atoms with van der Waals surface area (Å²) in [7, 11) is 0. The van der Waals surface area contributed by atoms with Crippen LogP contribution < -0.4 is 5.32 Å². The molecule has 104 valence electrons. The lowest BCUT2D eigenvalue weighted by molar-refractivity contribution is 0.276. The molecule has 0 unspecified atom stereocenters. The Balaban J connectivity index is 1.85. The topological polar surface area (TPSA) is 80.8 Å². The van der Waals surface area contributed by atoms with Gasteiger partial charge < -0.3 is 10.4 Å². The van der Waals surface area contributed by atoms with E-state index >= 15 is 0 Å². The zero-order chi connectivity index (χ0) is 13.7. The number of rotatable bonds is 7. The zero-order valence-corrected chi connectivity index (χ0v) is 11.3. The summed E-state index contributed by atoms with van der Waals surface area (Å²) in [6.07, 6.45) is 6.35. The maximum Gasteiger partial charge on any atom is 0.102 e. The molecule has 0 radical (unpaired) electrons. The minimum atomic E-state index is 0.168. The van der Waals surface area contributed by atoms with Crippen LogP contribution in [0.3, 0.4) is 0 Å². The standard InChI is InChI=1S/C12H20N6O/c1-10(2)18-9-11(7-14-18)13-6-12-8-17(16-15-12)4-3-5-19/h7-10,13,19H,3-6H2,1-2H3. The van der Waals surface area contributed by atoms with E-state index in [0.29, 0.717) is 25.6 Å². The molecule has 0 aliphatic carbocycles. The number of aliphatic hydroxyl groups excluding tert-OH is 1. The van der Waals surface area contributed by atoms with Gasteiger partial charge >= 0.3 is 0 Å². The molecule has 0 fully saturated rings. The van der Waals surface area contributed by atoms with Gasteiger partial charge in [0.15, 0.2) is 0 Å². The van der Waals surface area contributed by atoms with E-state index in [0.717, 1.165) is 11.4 Å². The fourth-order valence-corrected chi connectivity index (χ4v) is 1.67. The number of nitrogens with zero attached hydrogens (tertiary/aromatic N) is 5. The lowest BCUT2D eigenvalue weighted by Crippen LogP contribution is -2.01. The molecular formula is C12H20N6O. The molecule has 0 amide bonds. The van der Waals surface area contributed by atoms with E-state index < -0.39 is 0 Å². The van der Waals surface area contributed by atoms with Crippen LogP contribution in [-0.4, -0.2) is 36.5 Å². The molecule has 2 rings (SSSR count). The first-order valence-electron chi connectivity index (χ1n) is 6.47. The highest BCUT2D eigenvalue weighted by Crippen LogP contribution is 2.10. The number of anilines is 1. The first kappa shape index (κ1) is 13.5. The van der Waals surface area contributed by atoms with Crippen LogP contribution in [0.15, 0.2) is 18.6 Å². The Kier molecular flexibility index (Phi) is 4.51. The molecule has 0 saturated carbocycles. The SMILES string of the molecule is CC(C)n1cc(NCc2cn(CCCO)nn2)cn1. The van der Waals surface area contributed by atoms with Crippen LogP contribution in [0, 0.1) is 0 Å². The summed E-state index contributed by atoms with van der Waals surface area (Å²) in [6.45, 7) is 5.65. The van der Waals surface area contributed by atoms with Gasteiger partial charge in [-0.2, -0.15) is 5.10 Å². The van der Waals surface area contributed by atoms with Crippen molar-refractivity contribution in [3.8, 4) is 0 Å². The molecule has 7 heteroatoms. The highest BCUT2D eigenvalue weighted by Gasteiger charge is 2.03. The van der Waals surface area contributed by atoms with Gasteiger partial charge in [0.05, 0.1) is 24.6 Å². The number of aromatic nitrogens is 5. The second-order valence-electron chi connectivity index (χ2n) is 4.71. The molecule has 2 aromatic heterocycles. The van der Waals surface area contributed by atoms with Crippen molar-refractivity contribution in [1.29, 1.82) is 0 Å².